The predicted molar refractivity (Wildman–Crippen MR) is 80.4 cm³/mol. The van der Waals surface area contributed by atoms with Gasteiger partial charge < -0.3 is 9.47 Å². The van der Waals surface area contributed by atoms with E-state index < -0.39 is 43.8 Å². The van der Waals surface area contributed by atoms with Crippen molar-refractivity contribution in [3.05, 3.63) is 0 Å². The maximum Gasteiger partial charge on any atom is 0.306 e. The van der Waals surface area contributed by atoms with Crippen LogP contribution in [0.2, 0.25) is 0 Å². The summed E-state index contributed by atoms with van der Waals surface area (Å²) in [6.45, 7) is 1.76. The average molecular weight is 374 g/mol. The highest BCUT2D eigenvalue weighted by molar-refractivity contribution is 7.90. The van der Waals surface area contributed by atoms with Crippen LogP contribution < -0.4 is 0 Å². The van der Waals surface area contributed by atoms with Gasteiger partial charge in [-0.25, -0.2) is 8.42 Å². The van der Waals surface area contributed by atoms with Crippen LogP contribution in [0.15, 0.2) is 0 Å². The molecule has 0 aromatic carbocycles. The van der Waals surface area contributed by atoms with E-state index in [9.17, 15) is 26.4 Å². The van der Waals surface area contributed by atoms with Gasteiger partial charge in [-0.3, -0.25) is 13.8 Å². The first kappa shape index (κ1) is 21.8. The van der Waals surface area contributed by atoms with Gasteiger partial charge in [0, 0.05) is 19.1 Å². The van der Waals surface area contributed by atoms with Gasteiger partial charge in [-0.2, -0.15) is 8.42 Å². The molecule has 0 saturated heterocycles. The number of esters is 2. The second-order valence-corrected chi connectivity index (χ2v) is 8.45. The highest BCUT2D eigenvalue weighted by Crippen LogP contribution is 2.05. The Labute approximate surface area is 136 Å². The van der Waals surface area contributed by atoms with Crippen LogP contribution >= 0.6 is 0 Å². The minimum atomic E-state index is -3.88. The molecule has 136 valence electrons. The maximum absolute atomic E-state index is 11.3. The summed E-state index contributed by atoms with van der Waals surface area (Å²) in [5.41, 5.74) is 0. The summed E-state index contributed by atoms with van der Waals surface area (Å²) in [5, 5.41) is 0. The van der Waals surface area contributed by atoms with Crippen molar-refractivity contribution < 1.29 is 40.1 Å². The number of carbonyl (C=O) groups is 2. The Kier molecular flexibility index (Phi) is 10.0. The number of ether oxygens (including phenoxy) is 2. The third kappa shape index (κ3) is 14.1. The van der Waals surface area contributed by atoms with Crippen molar-refractivity contribution in [3.63, 3.8) is 0 Å². The van der Waals surface area contributed by atoms with Crippen LogP contribution in [-0.2, 0) is 43.2 Å². The molecule has 0 aliphatic heterocycles. The topological polar surface area (TPSA) is 130 Å². The molecule has 0 aliphatic rings. The first-order chi connectivity index (χ1) is 10.6. The highest BCUT2D eigenvalue weighted by Gasteiger charge is 2.14. The van der Waals surface area contributed by atoms with Gasteiger partial charge in [0.15, 0.2) is 15.8 Å². The molecular weight excluding hydrogens is 352 g/mol. The molecule has 0 aromatic heterocycles. The molecule has 0 rings (SSSR count). The zero-order valence-electron chi connectivity index (χ0n) is 13.1. The molecule has 9 nitrogen and oxygen atoms in total. The van der Waals surface area contributed by atoms with Gasteiger partial charge >= 0.3 is 22.1 Å². The lowest BCUT2D eigenvalue weighted by Crippen LogP contribution is -2.17. The van der Waals surface area contributed by atoms with E-state index in [1.54, 1.807) is 6.92 Å². The quantitative estimate of drug-likeness (QED) is 0.270. The van der Waals surface area contributed by atoms with Crippen LogP contribution in [0, 0.1) is 0 Å². The van der Waals surface area contributed by atoms with Gasteiger partial charge in [0.05, 0.1) is 6.61 Å². The van der Waals surface area contributed by atoms with Crippen molar-refractivity contribution in [1.29, 1.82) is 0 Å². The number of rotatable bonds is 12. The fraction of sp³-hybridized carbons (Fsp3) is 0.833. The largest absolute Gasteiger partial charge is 0.449 e. The van der Waals surface area contributed by atoms with E-state index in [1.807, 2.05) is 0 Å². The monoisotopic (exact) mass is 374 g/mol. The van der Waals surface area contributed by atoms with Gasteiger partial charge in [-0.05, 0) is 19.3 Å². The van der Waals surface area contributed by atoms with Gasteiger partial charge in [-0.1, -0.05) is 6.92 Å². The van der Waals surface area contributed by atoms with E-state index in [1.165, 1.54) is 0 Å². The summed E-state index contributed by atoms with van der Waals surface area (Å²) in [4.78, 5) is 22.5. The van der Waals surface area contributed by atoms with Crippen molar-refractivity contribution in [2.24, 2.45) is 0 Å². The Morgan fingerprint density at radius 2 is 1.35 bits per heavy atom. The molecule has 0 atom stereocenters. The molecule has 0 amide bonds. The summed E-state index contributed by atoms with van der Waals surface area (Å²) in [6, 6.07) is 0. The maximum atomic E-state index is 11.3. The number of sulfone groups is 1. The van der Waals surface area contributed by atoms with Gasteiger partial charge in [0.1, 0.15) is 0 Å². The molecule has 0 aliphatic carbocycles. The van der Waals surface area contributed by atoms with Crippen molar-refractivity contribution >= 4 is 31.9 Å². The normalized spacial score (nSPS) is 11.9. The number of carbonyl (C=O) groups excluding carboxylic acids is 2. The Morgan fingerprint density at radius 3 is 1.78 bits per heavy atom. The summed E-state index contributed by atoms with van der Waals surface area (Å²) in [7, 11) is -7.26. The molecule has 0 saturated carbocycles. The number of hydrogen-bond donors (Lipinski definition) is 0. The lowest BCUT2D eigenvalue weighted by Gasteiger charge is -2.06. The van der Waals surface area contributed by atoms with E-state index >= 15 is 0 Å². The van der Waals surface area contributed by atoms with Crippen LogP contribution in [0.3, 0.4) is 0 Å². The first-order valence-electron chi connectivity index (χ1n) is 6.92. The average Bonchev–Trinajstić information content (AvgIpc) is 2.45. The molecule has 0 N–H and O–H groups in total. The molecule has 0 bridgehead atoms. The summed E-state index contributed by atoms with van der Waals surface area (Å²) in [5.74, 6) is -2.93. The van der Waals surface area contributed by atoms with E-state index in [-0.39, 0.29) is 32.3 Å². The Balaban J connectivity index is 3.81. The summed E-state index contributed by atoms with van der Waals surface area (Å²) < 4.78 is 57.6. The zero-order chi connectivity index (χ0) is 17.9. The molecule has 0 heterocycles. The van der Waals surface area contributed by atoms with Crippen LogP contribution in [0.1, 0.15) is 39.0 Å². The SMILES string of the molecule is CCCOS(=O)(=O)COC(=O)CCCCC(=O)OCS(C)(=O)=O. The van der Waals surface area contributed by atoms with Crippen molar-refractivity contribution in [1.82, 2.24) is 0 Å². The number of unbranched alkanes of at least 4 members (excludes halogenated alkanes) is 1. The standard InChI is InChI=1S/C12H22O9S2/c1-3-8-21-23(17,18)10-20-12(14)7-5-4-6-11(13)19-9-22(2,15)16/h3-10H2,1-2H3. The van der Waals surface area contributed by atoms with Crippen molar-refractivity contribution in [2.45, 2.75) is 39.0 Å². The zero-order valence-corrected chi connectivity index (χ0v) is 14.8. The van der Waals surface area contributed by atoms with Gasteiger partial charge in [0.2, 0.25) is 5.94 Å². The van der Waals surface area contributed by atoms with Gasteiger partial charge in [-0.15, -0.1) is 0 Å². The summed E-state index contributed by atoms with van der Waals surface area (Å²) in [6.07, 6.45) is 1.92. The van der Waals surface area contributed by atoms with Crippen LogP contribution in [-0.4, -0.2) is 53.5 Å². The van der Waals surface area contributed by atoms with E-state index in [0.29, 0.717) is 6.42 Å². The fourth-order valence-corrected chi connectivity index (χ4v) is 2.35. The van der Waals surface area contributed by atoms with Crippen LogP contribution in [0.25, 0.3) is 0 Å². The second kappa shape index (κ2) is 10.6. The second-order valence-electron chi connectivity index (χ2n) is 4.78. The molecule has 0 aromatic rings. The molecule has 11 heteroatoms. The van der Waals surface area contributed by atoms with E-state index in [0.717, 1.165) is 6.26 Å². The van der Waals surface area contributed by atoms with Crippen LogP contribution in [0.4, 0.5) is 0 Å². The molecule has 0 fully saturated rings. The van der Waals surface area contributed by atoms with Crippen molar-refractivity contribution in [3.8, 4) is 0 Å². The minimum Gasteiger partial charge on any atom is -0.449 e. The molecule has 0 radical (unpaired) electrons. The van der Waals surface area contributed by atoms with Crippen molar-refractivity contribution in [2.75, 3.05) is 24.7 Å². The highest BCUT2D eigenvalue weighted by atomic mass is 32.2. The Bertz CT molecular complexity index is 578. The molecule has 0 spiro atoms. The predicted octanol–water partition coefficient (Wildman–Crippen LogP) is 0.349. The minimum absolute atomic E-state index is 0.0233. The van der Waals surface area contributed by atoms with Crippen LogP contribution in [0.5, 0.6) is 0 Å². The molecule has 0 unspecified atom stereocenters. The first-order valence-corrected chi connectivity index (χ1v) is 10.6. The van der Waals surface area contributed by atoms with E-state index in [2.05, 4.69) is 13.7 Å². The fourth-order valence-electron chi connectivity index (χ4n) is 1.24. The lowest BCUT2D eigenvalue weighted by molar-refractivity contribution is -0.143. The number of hydrogen-bond acceptors (Lipinski definition) is 9. The molecule has 23 heavy (non-hydrogen) atoms. The van der Waals surface area contributed by atoms with E-state index in [4.69, 9.17) is 0 Å². The lowest BCUT2D eigenvalue weighted by atomic mass is 10.2. The Morgan fingerprint density at radius 1 is 0.870 bits per heavy atom. The summed E-state index contributed by atoms with van der Waals surface area (Å²) >= 11 is 0. The third-order valence-corrected chi connectivity index (χ3v) is 3.76. The Hall–Kier alpha value is -1.20. The molecular formula is C12H22O9S2. The third-order valence-electron chi connectivity index (χ3n) is 2.28. The smallest absolute Gasteiger partial charge is 0.306 e. The van der Waals surface area contributed by atoms with Gasteiger partial charge in [0.25, 0.3) is 0 Å².